The molecule has 1 aromatic rings. The fourth-order valence-corrected chi connectivity index (χ4v) is 3.38. The molecule has 1 atom stereocenters. The number of hydrogen-bond donors (Lipinski definition) is 1. The number of benzene rings is 1. The summed E-state index contributed by atoms with van der Waals surface area (Å²) in [5.41, 5.74) is 0.656. The van der Waals surface area contributed by atoms with Gasteiger partial charge in [-0.2, -0.15) is 0 Å². The molecule has 0 spiro atoms. The molecule has 1 aromatic carbocycles. The molecule has 0 aromatic heterocycles. The third kappa shape index (κ3) is 4.62. The van der Waals surface area contributed by atoms with Gasteiger partial charge in [-0.25, -0.2) is 0 Å². The Bertz CT molecular complexity index is 567. The maximum Gasteiger partial charge on any atom is 0.238 e. The first-order valence-electron chi connectivity index (χ1n) is 8.70. The average Bonchev–Trinajstić information content (AvgIpc) is 3.16. The number of carbonyl (C=O) groups excluding carboxylic acids is 1. The third-order valence-corrected chi connectivity index (χ3v) is 4.61. The predicted molar refractivity (Wildman–Crippen MR) is 93.1 cm³/mol. The lowest BCUT2D eigenvalue weighted by Crippen LogP contribution is -2.50. The van der Waals surface area contributed by atoms with Crippen LogP contribution in [0.5, 0.6) is 11.5 Å². The van der Waals surface area contributed by atoms with Crippen LogP contribution in [0.3, 0.4) is 0 Å². The molecule has 0 saturated carbocycles. The van der Waals surface area contributed by atoms with E-state index in [0.717, 1.165) is 25.8 Å². The molecule has 7 nitrogen and oxygen atoms in total. The lowest BCUT2D eigenvalue weighted by Gasteiger charge is -2.37. The highest BCUT2D eigenvalue weighted by molar-refractivity contribution is 5.92. The standard InChI is InChI=1S/C18H26N2O5/c1-22-14-9-13(10-15(11-14)23-2)19-17(21)12-20-6-4-3-5-16(20)18-24-7-8-25-18/h9-11,16,18H,3-8,12H2,1-2H3,(H,19,21). The first-order valence-corrected chi connectivity index (χ1v) is 8.70. The molecular formula is C18H26N2O5. The molecule has 2 heterocycles. The summed E-state index contributed by atoms with van der Waals surface area (Å²) in [6, 6.07) is 5.46. The smallest absolute Gasteiger partial charge is 0.238 e. The Morgan fingerprint density at radius 2 is 1.84 bits per heavy atom. The summed E-state index contributed by atoms with van der Waals surface area (Å²) in [6.07, 6.45) is 3.00. The minimum Gasteiger partial charge on any atom is -0.497 e. The zero-order chi connectivity index (χ0) is 17.6. The number of likely N-dealkylation sites (tertiary alicyclic amines) is 1. The number of methoxy groups -OCH3 is 2. The minimum atomic E-state index is -0.218. The molecule has 3 rings (SSSR count). The second-order valence-corrected chi connectivity index (χ2v) is 6.29. The Hall–Kier alpha value is -1.83. The molecule has 1 amide bonds. The zero-order valence-electron chi connectivity index (χ0n) is 14.8. The number of anilines is 1. The molecule has 2 aliphatic heterocycles. The van der Waals surface area contributed by atoms with Crippen LogP contribution in [0.25, 0.3) is 0 Å². The van der Waals surface area contributed by atoms with Gasteiger partial charge in [-0.3, -0.25) is 9.69 Å². The SMILES string of the molecule is COc1cc(NC(=O)CN2CCCCC2C2OCCO2)cc(OC)c1. The monoisotopic (exact) mass is 350 g/mol. The van der Waals surface area contributed by atoms with E-state index in [9.17, 15) is 4.79 Å². The molecule has 0 aliphatic carbocycles. The zero-order valence-corrected chi connectivity index (χ0v) is 14.8. The van der Waals surface area contributed by atoms with Crippen molar-refractivity contribution in [1.82, 2.24) is 4.90 Å². The van der Waals surface area contributed by atoms with Gasteiger partial charge >= 0.3 is 0 Å². The molecule has 1 N–H and O–H groups in total. The van der Waals surface area contributed by atoms with Crippen LogP contribution in [0.4, 0.5) is 5.69 Å². The summed E-state index contributed by atoms with van der Waals surface area (Å²) in [6.45, 7) is 2.45. The van der Waals surface area contributed by atoms with Crippen molar-refractivity contribution in [2.45, 2.75) is 31.6 Å². The van der Waals surface area contributed by atoms with Crippen LogP contribution < -0.4 is 14.8 Å². The largest absolute Gasteiger partial charge is 0.497 e. The van der Waals surface area contributed by atoms with Crippen LogP contribution in [0.15, 0.2) is 18.2 Å². The second kappa shape index (κ2) is 8.51. The Balaban J connectivity index is 1.62. The van der Waals surface area contributed by atoms with Gasteiger partial charge in [0.2, 0.25) is 5.91 Å². The highest BCUT2D eigenvalue weighted by Gasteiger charge is 2.34. The molecular weight excluding hydrogens is 324 g/mol. The van der Waals surface area contributed by atoms with E-state index in [1.54, 1.807) is 32.4 Å². The van der Waals surface area contributed by atoms with Gasteiger partial charge in [0.05, 0.1) is 40.0 Å². The Kier molecular flexibility index (Phi) is 6.12. The number of amides is 1. The van der Waals surface area contributed by atoms with Crippen molar-refractivity contribution in [2.75, 3.05) is 45.8 Å². The second-order valence-electron chi connectivity index (χ2n) is 6.29. The molecule has 7 heteroatoms. The van der Waals surface area contributed by atoms with E-state index in [1.165, 1.54) is 0 Å². The van der Waals surface area contributed by atoms with Crippen molar-refractivity contribution in [3.05, 3.63) is 18.2 Å². The van der Waals surface area contributed by atoms with Crippen molar-refractivity contribution in [1.29, 1.82) is 0 Å². The number of hydrogen-bond acceptors (Lipinski definition) is 6. The van der Waals surface area contributed by atoms with Crippen molar-refractivity contribution in [3.63, 3.8) is 0 Å². The summed E-state index contributed by atoms with van der Waals surface area (Å²) >= 11 is 0. The molecule has 25 heavy (non-hydrogen) atoms. The maximum absolute atomic E-state index is 12.5. The molecule has 138 valence electrons. The van der Waals surface area contributed by atoms with Gasteiger partial charge < -0.3 is 24.3 Å². The van der Waals surface area contributed by atoms with E-state index in [4.69, 9.17) is 18.9 Å². The topological polar surface area (TPSA) is 69.3 Å². The normalized spacial score (nSPS) is 21.9. The van der Waals surface area contributed by atoms with E-state index in [0.29, 0.717) is 36.9 Å². The van der Waals surface area contributed by atoms with E-state index in [2.05, 4.69) is 10.2 Å². The van der Waals surface area contributed by atoms with Crippen LogP contribution in [0.1, 0.15) is 19.3 Å². The summed E-state index contributed by atoms with van der Waals surface area (Å²) in [7, 11) is 3.17. The molecule has 2 saturated heterocycles. The first kappa shape index (κ1) is 18.0. The minimum absolute atomic E-state index is 0.0693. The van der Waals surface area contributed by atoms with Gasteiger partial charge in [0, 0.05) is 23.9 Å². The first-order chi connectivity index (χ1) is 12.2. The van der Waals surface area contributed by atoms with E-state index < -0.39 is 0 Å². The van der Waals surface area contributed by atoms with Gasteiger partial charge in [0.25, 0.3) is 0 Å². The Morgan fingerprint density at radius 1 is 1.16 bits per heavy atom. The van der Waals surface area contributed by atoms with Crippen molar-refractivity contribution in [3.8, 4) is 11.5 Å². The van der Waals surface area contributed by atoms with Crippen LogP contribution in [0, 0.1) is 0 Å². The summed E-state index contributed by atoms with van der Waals surface area (Å²) in [4.78, 5) is 14.7. The van der Waals surface area contributed by atoms with Crippen molar-refractivity contribution >= 4 is 11.6 Å². The molecule has 0 radical (unpaired) electrons. The summed E-state index contributed by atoms with van der Waals surface area (Å²) in [5.74, 6) is 1.21. The van der Waals surface area contributed by atoms with Gasteiger partial charge in [0.1, 0.15) is 11.5 Å². The van der Waals surface area contributed by atoms with Gasteiger partial charge in [-0.05, 0) is 19.4 Å². The van der Waals surface area contributed by atoms with Crippen molar-refractivity contribution < 1.29 is 23.7 Å². The lowest BCUT2D eigenvalue weighted by molar-refractivity contribution is -0.127. The molecule has 2 aliphatic rings. The average molecular weight is 350 g/mol. The summed E-state index contributed by atoms with van der Waals surface area (Å²) < 4.78 is 21.8. The highest BCUT2D eigenvalue weighted by atomic mass is 16.7. The maximum atomic E-state index is 12.5. The molecule has 1 unspecified atom stereocenters. The van der Waals surface area contributed by atoms with Crippen LogP contribution in [0.2, 0.25) is 0 Å². The molecule has 0 bridgehead atoms. The third-order valence-electron chi connectivity index (χ3n) is 4.61. The van der Waals surface area contributed by atoms with E-state index in [1.807, 2.05) is 0 Å². The summed E-state index contributed by atoms with van der Waals surface area (Å²) in [5, 5.41) is 2.93. The Labute approximate surface area is 148 Å². The van der Waals surface area contributed by atoms with E-state index in [-0.39, 0.29) is 18.2 Å². The van der Waals surface area contributed by atoms with E-state index >= 15 is 0 Å². The lowest BCUT2D eigenvalue weighted by atomic mass is 10.0. The van der Waals surface area contributed by atoms with Gasteiger partial charge in [0.15, 0.2) is 6.29 Å². The van der Waals surface area contributed by atoms with Gasteiger partial charge in [-0.15, -0.1) is 0 Å². The number of ether oxygens (including phenoxy) is 4. The van der Waals surface area contributed by atoms with Crippen LogP contribution >= 0.6 is 0 Å². The fraction of sp³-hybridized carbons (Fsp3) is 0.611. The number of nitrogens with one attached hydrogen (secondary N) is 1. The Morgan fingerprint density at radius 3 is 2.48 bits per heavy atom. The molecule has 2 fully saturated rings. The number of nitrogens with zero attached hydrogens (tertiary/aromatic N) is 1. The number of carbonyl (C=O) groups is 1. The number of rotatable bonds is 6. The quantitative estimate of drug-likeness (QED) is 0.845. The predicted octanol–water partition coefficient (Wildman–Crippen LogP) is 1.87. The fourth-order valence-electron chi connectivity index (χ4n) is 3.38. The van der Waals surface area contributed by atoms with Crippen molar-refractivity contribution in [2.24, 2.45) is 0 Å². The number of piperidine rings is 1. The van der Waals surface area contributed by atoms with Gasteiger partial charge in [-0.1, -0.05) is 6.42 Å². The van der Waals surface area contributed by atoms with Crippen LogP contribution in [-0.2, 0) is 14.3 Å². The highest BCUT2D eigenvalue weighted by Crippen LogP contribution is 2.27. The van der Waals surface area contributed by atoms with Crippen LogP contribution in [-0.4, -0.2) is 63.7 Å².